The topological polar surface area (TPSA) is 73.6 Å². The molecule has 22 heavy (non-hydrogen) atoms. The molecule has 122 valence electrons. The predicted molar refractivity (Wildman–Crippen MR) is 85.6 cm³/mol. The Bertz CT molecular complexity index is 469. The Hall–Kier alpha value is -1.59. The van der Waals surface area contributed by atoms with E-state index in [0.717, 1.165) is 24.2 Å². The standard InChI is InChI=1S/C17H26N2O3/c1-21-15(11-18)10-17(20)19-12-13-6-2-5-9-16(13)22-14-7-3-4-8-14/h2,5-6,9,14-15H,3-4,7-8,10-12,18H2,1H3,(H,19,20). The minimum Gasteiger partial charge on any atom is -0.490 e. The maximum absolute atomic E-state index is 11.9. The van der Waals surface area contributed by atoms with Crippen LogP contribution in [-0.2, 0) is 16.1 Å². The van der Waals surface area contributed by atoms with Gasteiger partial charge in [-0.1, -0.05) is 18.2 Å². The lowest BCUT2D eigenvalue weighted by Crippen LogP contribution is -2.32. The van der Waals surface area contributed by atoms with E-state index in [1.807, 2.05) is 24.3 Å². The van der Waals surface area contributed by atoms with Crippen molar-refractivity contribution < 1.29 is 14.3 Å². The SMILES string of the molecule is COC(CN)CC(=O)NCc1ccccc1OC1CCCC1. The van der Waals surface area contributed by atoms with Gasteiger partial charge in [-0.3, -0.25) is 4.79 Å². The van der Waals surface area contributed by atoms with Crippen molar-refractivity contribution >= 4 is 5.91 Å². The van der Waals surface area contributed by atoms with Crippen LogP contribution in [0.5, 0.6) is 5.75 Å². The van der Waals surface area contributed by atoms with Crippen molar-refractivity contribution in [3.8, 4) is 5.75 Å². The van der Waals surface area contributed by atoms with Crippen LogP contribution in [0.4, 0.5) is 0 Å². The third kappa shape index (κ3) is 5.00. The minimum absolute atomic E-state index is 0.0621. The molecule has 3 N–H and O–H groups in total. The number of nitrogens with one attached hydrogen (secondary N) is 1. The van der Waals surface area contributed by atoms with Crippen LogP contribution in [0.2, 0.25) is 0 Å². The molecule has 1 saturated carbocycles. The van der Waals surface area contributed by atoms with Gasteiger partial charge in [-0.15, -0.1) is 0 Å². The van der Waals surface area contributed by atoms with E-state index in [2.05, 4.69) is 5.32 Å². The summed E-state index contributed by atoms with van der Waals surface area (Å²) in [6.45, 7) is 0.800. The second kappa shape index (κ2) is 8.76. The first kappa shape index (κ1) is 16.8. The molecule has 5 heteroatoms. The fourth-order valence-electron chi connectivity index (χ4n) is 2.69. The molecular formula is C17H26N2O3. The predicted octanol–water partition coefficient (Wildman–Crippen LogP) is 1.99. The van der Waals surface area contributed by atoms with Gasteiger partial charge in [0, 0.05) is 25.8 Å². The minimum atomic E-state index is -0.231. The van der Waals surface area contributed by atoms with Gasteiger partial charge >= 0.3 is 0 Å². The Morgan fingerprint density at radius 3 is 2.77 bits per heavy atom. The van der Waals surface area contributed by atoms with Crippen LogP contribution in [0.3, 0.4) is 0 Å². The summed E-state index contributed by atoms with van der Waals surface area (Å²) < 4.78 is 11.2. The number of ether oxygens (including phenoxy) is 2. The molecule has 0 heterocycles. The molecule has 0 aromatic heterocycles. The van der Waals surface area contributed by atoms with Gasteiger partial charge in [0.05, 0.1) is 18.6 Å². The quantitative estimate of drug-likeness (QED) is 0.770. The van der Waals surface area contributed by atoms with Gasteiger partial charge in [-0.2, -0.15) is 0 Å². The van der Waals surface area contributed by atoms with Gasteiger partial charge in [0.15, 0.2) is 0 Å². The van der Waals surface area contributed by atoms with Crippen LogP contribution in [0, 0.1) is 0 Å². The van der Waals surface area contributed by atoms with Crippen molar-refractivity contribution in [3.05, 3.63) is 29.8 Å². The Kier molecular flexibility index (Phi) is 6.68. The fraction of sp³-hybridized carbons (Fsp3) is 0.588. The van der Waals surface area contributed by atoms with E-state index in [4.69, 9.17) is 15.2 Å². The van der Waals surface area contributed by atoms with E-state index >= 15 is 0 Å². The van der Waals surface area contributed by atoms with E-state index < -0.39 is 0 Å². The Morgan fingerprint density at radius 2 is 2.09 bits per heavy atom. The largest absolute Gasteiger partial charge is 0.490 e. The van der Waals surface area contributed by atoms with Crippen LogP contribution < -0.4 is 15.8 Å². The number of benzene rings is 1. The second-order valence-electron chi connectivity index (χ2n) is 5.71. The third-order valence-electron chi connectivity index (χ3n) is 4.05. The molecule has 0 bridgehead atoms. The van der Waals surface area contributed by atoms with E-state index in [9.17, 15) is 4.79 Å². The molecule has 2 rings (SSSR count). The molecule has 1 aromatic carbocycles. The Labute approximate surface area is 132 Å². The van der Waals surface area contributed by atoms with Crippen LogP contribution in [0.15, 0.2) is 24.3 Å². The molecule has 1 aliphatic rings. The van der Waals surface area contributed by atoms with Crippen LogP contribution in [0.25, 0.3) is 0 Å². The number of rotatable bonds is 8. The zero-order chi connectivity index (χ0) is 15.8. The van der Waals surface area contributed by atoms with Crippen molar-refractivity contribution in [1.29, 1.82) is 0 Å². The zero-order valence-electron chi connectivity index (χ0n) is 13.2. The van der Waals surface area contributed by atoms with Crippen molar-refractivity contribution in [3.63, 3.8) is 0 Å². The van der Waals surface area contributed by atoms with Crippen molar-refractivity contribution in [1.82, 2.24) is 5.32 Å². The molecule has 0 spiro atoms. The molecule has 0 aliphatic heterocycles. The molecule has 0 radical (unpaired) electrons. The van der Waals surface area contributed by atoms with Crippen molar-refractivity contribution in [2.75, 3.05) is 13.7 Å². The van der Waals surface area contributed by atoms with Crippen LogP contribution in [0.1, 0.15) is 37.7 Å². The highest BCUT2D eigenvalue weighted by Gasteiger charge is 2.18. The van der Waals surface area contributed by atoms with Gasteiger partial charge < -0.3 is 20.5 Å². The maximum Gasteiger partial charge on any atom is 0.222 e. The average Bonchev–Trinajstić information content (AvgIpc) is 3.04. The molecule has 1 aromatic rings. The Balaban J connectivity index is 1.87. The summed E-state index contributed by atoms with van der Waals surface area (Å²) in [4.78, 5) is 11.9. The van der Waals surface area contributed by atoms with Crippen molar-refractivity contribution in [2.45, 2.75) is 50.9 Å². The van der Waals surface area contributed by atoms with Gasteiger partial charge in [0.2, 0.25) is 5.91 Å². The number of carbonyl (C=O) groups excluding carboxylic acids is 1. The third-order valence-corrected chi connectivity index (χ3v) is 4.05. The summed E-state index contributed by atoms with van der Waals surface area (Å²) in [5.41, 5.74) is 6.53. The Morgan fingerprint density at radius 1 is 1.36 bits per heavy atom. The smallest absolute Gasteiger partial charge is 0.222 e. The molecular weight excluding hydrogens is 280 g/mol. The summed E-state index contributed by atoms with van der Waals surface area (Å²) >= 11 is 0. The van der Waals surface area contributed by atoms with E-state index in [0.29, 0.717) is 19.2 Å². The number of nitrogens with two attached hydrogens (primary N) is 1. The molecule has 5 nitrogen and oxygen atoms in total. The highest BCUT2D eigenvalue weighted by atomic mass is 16.5. The number of amides is 1. The number of hydrogen-bond acceptors (Lipinski definition) is 4. The molecule has 1 aliphatic carbocycles. The number of methoxy groups -OCH3 is 1. The molecule has 1 fully saturated rings. The molecule has 1 atom stereocenters. The lowest BCUT2D eigenvalue weighted by Gasteiger charge is -2.17. The number of carbonyl (C=O) groups is 1. The summed E-state index contributed by atoms with van der Waals surface area (Å²) in [5, 5.41) is 2.91. The van der Waals surface area contributed by atoms with Gasteiger partial charge in [-0.25, -0.2) is 0 Å². The first-order chi connectivity index (χ1) is 10.7. The fourth-order valence-corrected chi connectivity index (χ4v) is 2.69. The average molecular weight is 306 g/mol. The number of para-hydroxylation sites is 1. The molecule has 1 amide bonds. The lowest BCUT2D eigenvalue weighted by molar-refractivity contribution is -0.123. The van der Waals surface area contributed by atoms with Crippen molar-refractivity contribution in [2.24, 2.45) is 5.73 Å². The second-order valence-corrected chi connectivity index (χ2v) is 5.71. The monoisotopic (exact) mass is 306 g/mol. The van der Waals surface area contributed by atoms with Gasteiger partial charge in [-0.05, 0) is 31.7 Å². The van der Waals surface area contributed by atoms with Crippen LogP contribution >= 0.6 is 0 Å². The summed E-state index contributed by atoms with van der Waals surface area (Å²) in [6, 6.07) is 7.88. The van der Waals surface area contributed by atoms with Gasteiger partial charge in [0.25, 0.3) is 0 Å². The number of hydrogen-bond donors (Lipinski definition) is 2. The summed E-state index contributed by atoms with van der Waals surface area (Å²) in [5.74, 6) is 0.810. The first-order valence-corrected chi connectivity index (χ1v) is 7.97. The lowest BCUT2D eigenvalue weighted by atomic mass is 10.2. The zero-order valence-corrected chi connectivity index (χ0v) is 13.2. The summed E-state index contributed by atoms with van der Waals surface area (Å²) in [7, 11) is 1.57. The highest BCUT2D eigenvalue weighted by Crippen LogP contribution is 2.26. The maximum atomic E-state index is 11.9. The normalized spacial score (nSPS) is 16.5. The van der Waals surface area contributed by atoms with E-state index in [-0.39, 0.29) is 18.4 Å². The summed E-state index contributed by atoms with van der Waals surface area (Å²) in [6.07, 6.45) is 5.07. The van der Waals surface area contributed by atoms with E-state index in [1.54, 1.807) is 7.11 Å². The molecule has 1 unspecified atom stereocenters. The van der Waals surface area contributed by atoms with Gasteiger partial charge in [0.1, 0.15) is 5.75 Å². The molecule has 0 saturated heterocycles. The highest BCUT2D eigenvalue weighted by molar-refractivity contribution is 5.76. The van der Waals surface area contributed by atoms with Crippen LogP contribution in [-0.4, -0.2) is 31.8 Å². The van der Waals surface area contributed by atoms with E-state index in [1.165, 1.54) is 12.8 Å². The first-order valence-electron chi connectivity index (χ1n) is 7.97.